The first kappa shape index (κ1) is 19.2. The van der Waals surface area contributed by atoms with Crippen LogP contribution < -0.4 is 14.8 Å². The molecule has 0 aliphatic carbocycles. The maximum Gasteiger partial charge on any atom is 0.262 e. The normalized spacial score (nSPS) is 10.4. The Morgan fingerprint density at radius 2 is 1.67 bits per heavy atom. The van der Waals surface area contributed by atoms with Crippen molar-refractivity contribution in [2.45, 2.75) is 0 Å². The van der Waals surface area contributed by atoms with Crippen molar-refractivity contribution in [2.24, 2.45) is 0 Å². The number of methoxy groups -OCH3 is 1. The maximum absolute atomic E-state index is 12.7. The SMILES string of the molecule is COc1ccccc1Oc1nc(Cl)ncc1C(=O)Nc1c(Cl)cccc1Cl. The molecule has 3 rings (SSSR count). The van der Waals surface area contributed by atoms with Crippen molar-refractivity contribution in [3.05, 3.63) is 69.6 Å². The lowest BCUT2D eigenvalue weighted by molar-refractivity contribution is 0.102. The molecule has 138 valence electrons. The van der Waals surface area contributed by atoms with Gasteiger partial charge in [0.25, 0.3) is 5.91 Å². The molecule has 0 bridgehead atoms. The Labute approximate surface area is 170 Å². The first-order valence-electron chi connectivity index (χ1n) is 7.58. The smallest absolute Gasteiger partial charge is 0.262 e. The number of hydrogen-bond acceptors (Lipinski definition) is 5. The predicted molar refractivity (Wildman–Crippen MR) is 105 cm³/mol. The summed E-state index contributed by atoms with van der Waals surface area (Å²) in [6.07, 6.45) is 1.25. The van der Waals surface area contributed by atoms with Crippen LogP contribution in [-0.2, 0) is 0 Å². The van der Waals surface area contributed by atoms with E-state index < -0.39 is 5.91 Å². The van der Waals surface area contributed by atoms with Crippen LogP contribution in [0.15, 0.2) is 48.7 Å². The summed E-state index contributed by atoms with van der Waals surface area (Å²) in [5.41, 5.74) is 0.310. The van der Waals surface area contributed by atoms with Crippen LogP contribution >= 0.6 is 34.8 Å². The lowest BCUT2D eigenvalue weighted by Crippen LogP contribution is -2.15. The highest BCUT2D eigenvalue weighted by molar-refractivity contribution is 6.40. The van der Waals surface area contributed by atoms with Crippen molar-refractivity contribution in [2.75, 3.05) is 12.4 Å². The van der Waals surface area contributed by atoms with Gasteiger partial charge in [-0.05, 0) is 35.9 Å². The van der Waals surface area contributed by atoms with E-state index in [0.717, 1.165) is 0 Å². The van der Waals surface area contributed by atoms with Crippen LogP contribution in [0.5, 0.6) is 17.4 Å². The number of para-hydroxylation sites is 3. The van der Waals surface area contributed by atoms with Crippen molar-refractivity contribution in [1.29, 1.82) is 0 Å². The topological polar surface area (TPSA) is 73.3 Å². The molecule has 0 aliphatic heterocycles. The Balaban J connectivity index is 1.95. The fourth-order valence-electron chi connectivity index (χ4n) is 2.18. The summed E-state index contributed by atoms with van der Waals surface area (Å²) in [5.74, 6) is 0.221. The highest BCUT2D eigenvalue weighted by atomic mass is 35.5. The number of rotatable bonds is 5. The van der Waals surface area contributed by atoms with Crippen LogP contribution in [0.1, 0.15) is 10.4 Å². The number of nitrogens with zero attached hydrogens (tertiary/aromatic N) is 2. The lowest BCUT2D eigenvalue weighted by atomic mass is 10.2. The van der Waals surface area contributed by atoms with Gasteiger partial charge in [-0.15, -0.1) is 0 Å². The molecule has 1 heterocycles. The first-order valence-corrected chi connectivity index (χ1v) is 8.71. The van der Waals surface area contributed by atoms with Crippen LogP contribution in [-0.4, -0.2) is 23.0 Å². The molecule has 0 fully saturated rings. The number of nitrogens with one attached hydrogen (secondary N) is 1. The molecule has 1 N–H and O–H groups in total. The number of carbonyl (C=O) groups excluding carboxylic acids is 1. The lowest BCUT2D eigenvalue weighted by Gasteiger charge is -2.13. The van der Waals surface area contributed by atoms with Crippen LogP contribution in [0.4, 0.5) is 5.69 Å². The average molecular weight is 425 g/mol. The Bertz CT molecular complexity index is 978. The number of anilines is 1. The van der Waals surface area contributed by atoms with Crippen LogP contribution in [0.25, 0.3) is 0 Å². The molecule has 0 saturated carbocycles. The molecule has 9 heteroatoms. The second kappa shape index (κ2) is 8.43. The quantitative estimate of drug-likeness (QED) is 0.548. The average Bonchev–Trinajstić information content (AvgIpc) is 2.65. The molecule has 27 heavy (non-hydrogen) atoms. The Morgan fingerprint density at radius 3 is 2.33 bits per heavy atom. The second-order valence-corrected chi connectivity index (χ2v) is 6.31. The van der Waals surface area contributed by atoms with E-state index in [-0.39, 0.29) is 32.5 Å². The van der Waals surface area contributed by atoms with E-state index in [2.05, 4.69) is 15.3 Å². The summed E-state index contributed by atoms with van der Waals surface area (Å²) >= 11 is 18.1. The maximum atomic E-state index is 12.7. The van der Waals surface area contributed by atoms with Crippen LogP contribution in [0.3, 0.4) is 0 Å². The zero-order valence-corrected chi connectivity index (χ0v) is 16.1. The molecule has 1 amide bonds. The number of aromatic nitrogens is 2. The number of ether oxygens (including phenoxy) is 2. The van der Waals surface area contributed by atoms with E-state index in [0.29, 0.717) is 11.5 Å². The van der Waals surface area contributed by atoms with Gasteiger partial charge in [0.1, 0.15) is 5.56 Å². The van der Waals surface area contributed by atoms with Gasteiger partial charge >= 0.3 is 0 Å². The van der Waals surface area contributed by atoms with Gasteiger partial charge in [0.05, 0.1) is 22.8 Å². The third-order valence-electron chi connectivity index (χ3n) is 3.45. The van der Waals surface area contributed by atoms with E-state index in [4.69, 9.17) is 44.3 Å². The molecule has 2 aromatic carbocycles. The number of hydrogen-bond donors (Lipinski definition) is 1. The van der Waals surface area contributed by atoms with Gasteiger partial charge in [0.15, 0.2) is 11.5 Å². The van der Waals surface area contributed by atoms with Gasteiger partial charge in [0, 0.05) is 6.20 Å². The largest absolute Gasteiger partial charge is 0.493 e. The molecular weight excluding hydrogens is 413 g/mol. The van der Waals surface area contributed by atoms with Gasteiger partial charge in [-0.25, -0.2) is 4.98 Å². The van der Waals surface area contributed by atoms with Gasteiger partial charge in [-0.3, -0.25) is 4.79 Å². The predicted octanol–water partition coefficient (Wildman–Crippen LogP) is 5.49. The minimum Gasteiger partial charge on any atom is -0.493 e. The number of carbonyl (C=O) groups is 1. The van der Waals surface area contributed by atoms with Crippen molar-refractivity contribution in [3.63, 3.8) is 0 Å². The molecule has 0 atom stereocenters. The number of benzene rings is 2. The summed E-state index contributed by atoms with van der Waals surface area (Å²) in [6, 6.07) is 11.8. The Kier molecular flexibility index (Phi) is 6.01. The van der Waals surface area contributed by atoms with Crippen LogP contribution in [0.2, 0.25) is 15.3 Å². The van der Waals surface area contributed by atoms with Crippen molar-refractivity contribution < 1.29 is 14.3 Å². The third kappa shape index (κ3) is 4.42. The molecule has 6 nitrogen and oxygen atoms in total. The highest BCUT2D eigenvalue weighted by Gasteiger charge is 2.20. The Morgan fingerprint density at radius 1 is 1.00 bits per heavy atom. The molecular formula is C18H12Cl3N3O3. The highest BCUT2D eigenvalue weighted by Crippen LogP contribution is 2.34. The van der Waals surface area contributed by atoms with Crippen molar-refractivity contribution in [3.8, 4) is 17.4 Å². The number of amides is 1. The summed E-state index contributed by atoms with van der Waals surface area (Å²) in [4.78, 5) is 20.6. The van der Waals surface area contributed by atoms with E-state index in [9.17, 15) is 4.79 Å². The zero-order valence-electron chi connectivity index (χ0n) is 13.9. The monoisotopic (exact) mass is 423 g/mol. The van der Waals surface area contributed by atoms with E-state index in [1.54, 1.807) is 42.5 Å². The molecule has 0 unspecified atom stereocenters. The van der Waals surface area contributed by atoms with Gasteiger partial charge in [-0.2, -0.15) is 4.98 Å². The van der Waals surface area contributed by atoms with E-state index in [1.165, 1.54) is 13.3 Å². The van der Waals surface area contributed by atoms with Crippen molar-refractivity contribution >= 4 is 46.4 Å². The molecule has 0 radical (unpaired) electrons. The molecule has 0 saturated heterocycles. The summed E-state index contributed by atoms with van der Waals surface area (Å²) in [6.45, 7) is 0. The van der Waals surface area contributed by atoms with Gasteiger partial charge in [-0.1, -0.05) is 41.4 Å². The third-order valence-corrected chi connectivity index (χ3v) is 4.26. The zero-order chi connectivity index (χ0) is 19.4. The number of halogens is 3. The summed E-state index contributed by atoms with van der Waals surface area (Å²) in [7, 11) is 1.50. The molecule has 1 aromatic heterocycles. The van der Waals surface area contributed by atoms with Crippen LogP contribution in [0, 0.1) is 0 Å². The minimum atomic E-state index is -0.563. The van der Waals surface area contributed by atoms with Gasteiger partial charge in [0.2, 0.25) is 11.2 Å². The van der Waals surface area contributed by atoms with E-state index >= 15 is 0 Å². The van der Waals surface area contributed by atoms with Crippen molar-refractivity contribution in [1.82, 2.24) is 9.97 Å². The fourth-order valence-corrected chi connectivity index (χ4v) is 2.80. The second-order valence-electron chi connectivity index (χ2n) is 5.16. The molecule has 0 spiro atoms. The molecule has 0 aliphatic rings. The minimum absolute atomic E-state index is 0.0415. The Hall–Kier alpha value is -2.54. The first-order chi connectivity index (χ1) is 13.0. The summed E-state index contributed by atoms with van der Waals surface area (Å²) < 4.78 is 11.0. The summed E-state index contributed by atoms with van der Waals surface area (Å²) in [5, 5.41) is 3.13. The van der Waals surface area contributed by atoms with Gasteiger partial charge < -0.3 is 14.8 Å². The standard InChI is InChI=1S/C18H12Cl3N3O3/c1-26-13-7-2-3-8-14(13)27-17-10(9-22-18(21)24-17)16(25)23-15-11(19)5-4-6-12(15)20/h2-9H,1H3,(H,23,25). The molecule has 3 aromatic rings. The van der Waals surface area contributed by atoms with E-state index in [1.807, 2.05) is 0 Å². The fraction of sp³-hybridized carbons (Fsp3) is 0.0556.